The molecule has 0 saturated heterocycles. The van der Waals surface area contributed by atoms with E-state index >= 15 is 4.39 Å². The van der Waals surface area contributed by atoms with Crippen LogP contribution >= 0.6 is 0 Å². The maximum absolute atomic E-state index is 15.0. The number of hydrogen-bond donors (Lipinski definition) is 2. The van der Waals surface area contributed by atoms with Crippen molar-refractivity contribution in [2.24, 2.45) is 0 Å². The molecule has 0 bridgehead atoms. The van der Waals surface area contributed by atoms with Crippen molar-refractivity contribution in [1.29, 1.82) is 0 Å². The van der Waals surface area contributed by atoms with Gasteiger partial charge in [-0.1, -0.05) is 29.8 Å². The highest BCUT2D eigenvalue weighted by atomic mass is 32.2. The molecule has 12 heteroatoms. The molecule has 0 atom stereocenters. The van der Waals surface area contributed by atoms with E-state index in [1.54, 1.807) is 29.0 Å². The Kier molecular flexibility index (Phi) is 8.97. The Morgan fingerprint density at radius 1 is 1.00 bits per heavy atom. The number of sulfonamides is 1. The Morgan fingerprint density at radius 3 is 2.29 bits per heavy atom. The number of carbonyl (C=O) groups excluding carboxylic acids is 1. The molecule has 38 heavy (non-hydrogen) atoms. The van der Waals surface area contributed by atoms with Crippen LogP contribution in [0.1, 0.15) is 41.6 Å². The number of hydrogen-bond acceptors (Lipinski definition) is 5. The first-order valence-corrected chi connectivity index (χ1v) is 13.5. The predicted octanol–water partition coefficient (Wildman–Crippen LogP) is 5.35. The SMILES string of the molecule is Cc1ccc(-c2cc(-c3ccc(OCCCCCC(F)(F)F)cc3F)[nH]c(=O)c2C(=O)NS(C)(=O)=O)cc1. The van der Waals surface area contributed by atoms with Gasteiger partial charge in [0.25, 0.3) is 11.5 Å². The third-order valence-electron chi connectivity index (χ3n) is 5.51. The van der Waals surface area contributed by atoms with E-state index in [1.165, 1.54) is 18.2 Å². The molecule has 0 aliphatic rings. The van der Waals surface area contributed by atoms with Gasteiger partial charge in [0.05, 0.1) is 18.6 Å². The van der Waals surface area contributed by atoms with Crippen LogP contribution in [0.3, 0.4) is 0 Å². The minimum Gasteiger partial charge on any atom is -0.493 e. The van der Waals surface area contributed by atoms with Crippen molar-refractivity contribution >= 4 is 15.9 Å². The first kappa shape index (κ1) is 28.9. The average molecular weight is 555 g/mol. The number of H-pyrrole nitrogens is 1. The Balaban J connectivity index is 1.88. The van der Waals surface area contributed by atoms with Gasteiger partial charge in [0.15, 0.2) is 0 Å². The number of amides is 1. The molecular formula is C26H26F4N2O5S. The van der Waals surface area contributed by atoms with Crippen LogP contribution in [0.5, 0.6) is 5.75 Å². The quantitative estimate of drug-likeness (QED) is 0.260. The van der Waals surface area contributed by atoms with Gasteiger partial charge in [0.1, 0.15) is 17.1 Å². The molecule has 1 aromatic heterocycles. The van der Waals surface area contributed by atoms with Gasteiger partial charge in [-0.25, -0.2) is 17.5 Å². The van der Waals surface area contributed by atoms with Crippen LogP contribution in [-0.2, 0) is 10.0 Å². The molecule has 0 radical (unpaired) electrons. The number of unbranched alkanes of at least 4 members (excludes halogenated alkanes) is 2. The molecule has 1 heterocycles. The number of ether oxygens (including phenoxy) is 1. The Labute approximate surface area is 216 Å². The summed E-state index contributed by atoms with van der Waals surface area (Å²) in [6.45, 7) is 1.95. The summed E-state index contributed by atoms with van der Waals surface area (Å²) in [7, 11) is -3.96. The van der Waals surface area contributed by atoms with Gasteiger partial charge < -0.3 is 9.72 Å². The van der Waals surface area contributed by atoms with Gasteiger partial charge in [-0.3, -0.25) is 9.59 Å². The van der Waals surface area contributed by atoms with E-state index in [4.69, 9.17) is 4.74 Å². The normalized spacial score (nSPS) is 11.8. The van der Waals surface area contributed by atoms with Crippen LogP contribution in [-0.4, -0.2) is 38.3 Å². The molecule has 0 saturated carbocycles. The van der Waals surface area contributed by atoms with E-state index < -0.39 is 45.5 Å². The van der Waals surface area contributed by atoms with Crippen molar-refractivity contribution in [2.75, 3.05) is 12.9 Å². The number of rotatable bonds is 10. The summed E-state index contributed by atoms with van der Waals surface area (Å²) >= 11 is 0. The van der Waals surface area contributed by atoms with Gasteiger partial charge in [-0.2, -0.15) is 13.2 Å². The lowest BCUT2D eigenvalue weighted by Crippen LogP contribution is -2.34. The van der Waals surface area contributed by atoms with Crippen molar-refractivity contribution in [2.45, 2.75) is 38.8 Å². The van der Waals surface area contributed by atoms with E-state index in [9.17, 15) is 31.2 Å². The third kappa shape index (κ3) is 8.17. The van der Waals surface area contributed by atoms with E-state index in [2.05, 4.69) is 4.98 Å². The fraction of sp³-hybridized carbons (Fsp3) is 0.308. The summed E-state index contributed by atoms with van der Waals surface area (Å²) in [6, 6.07) is 12.0. The molecule has 1 amide bonds. The fourth-order valence-corrected chi connectivity index (χ4v) is 4.15. The second-order valence-corrected chi connectivity index (χ2v) is 10.5. The lowest BCUT2D eigenvalue weighted by atomic mass is 9.97. The number of aromatic amines is 1. The largest absolute Gasteiger partial charge is 0.493 e. The van der Waals surface area contributed by atoms with Gasteiger partial charge >= 0.3 is 6.18 Å². The Morgan fingerprint density at radius 2 is 1.68 bits per heavy atom. The second-order valence-electron chi connectivity index (χ2n) is 8.79. The number of aromatic nitrogens is 1. The maximum atomic E-state index is 15.0. The van der Waals surface area contributed by atoms with Crippen molar-refractivity contribution in [3.05, 3.63) is 75.8 Å². The van der Waals surface area contributed by atoms with Crippen LogP contribution < -0.4 is 15.0 Å². The summed E-state index contributed by atoms with van der Waals surface area (Å²) in [5.41, 5.74) is 0.103. The zero-order chi connectivity index (χ0) is 28.1. The summed E-state index contributed by atoms with van der Waals surface area (Å²) in [4.78, 5) is 28.0. The van der Waals surface area contributed by atoms with Gasteiger partial charge in [0, 0.05) is 23.6 Å². The molecule has 7 nitrogen and oxygen atoms in total. The Hall–Kier alpha value is -3.67. The summed E-state index contributed by atoms with van der Waals surface area (Å²) < 4.78 is 82.0. The number of nitrogens with one attached hydrogen (secondary N) is 2. The summed E-state index contributed by atoms with van der Waals surface area (Å²) in [6.07, 6.45) is -3.63. The zero-order valence-electron chi connectivity index (χ0n) is 20.6. The third-order valence-corrected chi connectivity index (χ3v) is 6.06. The molecule has 0 aliphatic heterocycles. The standard InChI is InChI=1S/C26H26F4N2O5S/c1-16-6-8-17(9-7-16)20-15-22(31-24(33)23(20)25(34)32-38(2,35)36)19-11-10-18(14-21(19)27)37-13-5-3-4-12-26(28,29)30/h6-11,14-15H,3-5,12-13H2,1-2H3,(H,31,33)(H,32,34). The number of halogens is 4. The first-order chi connectivity index (χ1) is 17.7. The molecule has 0 spiro atoms. The number of benzene rings is 2. The van der Waals surface area contributed by atoms with Crippen molar-refractivity contribution < 1.29 is 35.5 Å². The van der Waals surface area contributed by atoms with Crippen LogP contribution in [0.15, 0.2) is 53.3 Å². The van der Waals surface area contributed by atoms with E-state index in [0.29, 0.717) is 18.4 Å². The van der Waals surface area contributed by atoms with Crippen LogP contribution in [0.25, 0.3) is 22.4 Å². The topological polar surface area (TPSA) is 105 Å². The van der Waals surface area contributed by atoms with Crippen LogP contribution in [0.4, 0.5) is 17.6 Å². The zero-order valence-corrected chi connectivity index (χ0v) is 21.4. The fourth-order valence-electron chi connectivity index (χ4n) is 3.71. The molecule has 3 rings (SSSR count). The van der Waals surface area contributed by atoms with Gasteiger partial charge in [0.2, 0.25) is 10.0 Å². The van der Waals surface area contributed by atoms with Crippen molar-refractivity contribution in [1.82, 2.24) is 9.71 Å². The molecular weight excluding hydrogens is 528 g/mol. The van der Waals surface area contributed by atoms with E-state index in [-0.39, 0.29) is 35.6 Å². The molecule has 0 aliphatic carbocycles. The minimum atomic E-state index is -4.20. The first-order valence-electron chi connectivity index (χ1n) is 11.6. The monoisotopic (exact) mass is 554 g/mol. The van der Waals surface area contributed by atoms with Crippen molar-refractivity contribution in [3.63, 3.8) is 0 Å². The van der Waals surface area contributed by atoms with E-state index in [1.807, 2.05) is 6.92 Å². The predicted molar refractivity (Wildman–Crippen MR) is 135 cm³/mol. The highest BCUT2D eigenvalue weighted by molar-refractivity contribution is 7.89. The van der Waals surface area contributed by atoms with E-state index in [0.717, 1.165) is 17.9 Å². The molecule has 0 unspecified atom stereocenters. The highest BCUT2D eigenvalue weighted by Crippen LogP contribution is 2.30. The molecule has 2 aromatic carbocycles. The molecule has 2 N–H and O–H groups in total. The van der Waals surface area contributed by atoms with Gasteiger partial charge in [-0.05, 0) is 49.9 Å². The average Bonchev–Trinajstić information content (AvgIpc) is 2.79. The molecule has 204 valence electrons. The minimum absolute atomic E-state index is 0.0111. The highest BCUT2D eigenvalue weighted by Gasteiger charge is 2.26. The summed E-state index contributed by atoms with van der Waals surface area (Å²) in [5, 5.41) is 0. The molecule has 0 fully saturated rings. The van der Waals surface area contributed by atoms with Gasteiger partial charge in [-0.15, -0.1) is 0 Å². The smallest absolute Gasteiger partial charge is 0.389 e. The molecule has 3 aromatic rings. The number of aryl methyl sites for hydroxylation is 1. The second kappa shape index (κ2) is 11.8. The number of pyridine rings is 1. The van der Waals surface area contributed by atoms with Crippen LogP contribution in [0.2, 0.25) is 0 Å². The lowest BCUT2D eigenvalue weighted by Gasteiger charge is -2.13. The maximum Gasteiger partial charge on any atom is 0.389 e. The lowest BCUT2D eigenvalue weighted by molar-refractivity contribution is -0.135. The number of carbonyl (C=O) groups is 1. The number of alkyl halides is 3. The van der Waals surface area contributed by atoms with Crippen molar-refractivity contribution in [3.8, 4) is 28.1 Å². The Bertz CT molecular complexity index is 1470. The van der Waals surface area contributed by atoms with Crippen LogP contribution in [0, 0.1) is 12.7 Å². The summed E-state index contributed by atoms with van der Waals surface area (Å²) in [5.74, 6) is -1.72.